The van der Waals surface area contributed by atoms with Crippen molar-refractivity contribution >= 4 is 17.5 Å². The molecule has 0 spiro atoms. The maximum atomic E-state index is 12.4. The molecule has 3 rings (SSSR count). The average molecular weight is 338 g/mol. The van der Waals surface area contributed by atoms with E-state index in [0.717, 1.165) is 37.4 Å². The number of piperazine rings is 1. The van der Waals surface area contributed by atoms with Crippen molar-refractivity contribution in [2.45, 2.75) is 0 Å². The van der Waals surface area contributed by atoms with Gasteiger partial charge < -0.3 is 20.1 Å². The van der Waals surface area contributed by atoms with Crippen molar-refractivity contribution in [3.8, 4) is 11.5 Å². The second-order valence-electron chi connectivity index (χ2n) is 5.91. The zero-order valence-electron chi connectivity index (χ0n) is 14.2. The van der Waals surface area contributed by atoms with Gasteiger partial charge in [-0.05, 0) is 48.6 Å². The number of carbonyl (C=O) groups excluding carboxylic acids is 1. The number of ether oxygens (including phenoxy) is 1. The molecule has 1 heterocycles. The number of aromatic hydroxyl groups is 1. The first-order valence-electron chi connectivity index (χ1n) is 8.32. The molecule has 2 aromatic rings. The predicted octanol–water partition coefficient (Wildman–Crippen LogP) is 2.71. The van der Waals surface area contributed by atoms with Crippen LogP contribution < -0.4 is 15.0 Å². The molecule has 0 bridgehead atoms. The van der Waals surface area contributed by atoms with Crippen LogP contribution in [0.25, 0.3) is 6.08 Å². The van der Waals surface area contributed by atoms with Gasteiger partial charge in [0.05, 0.1) is 7.11 Å². The van der Waals surface area contributed by atoms with Gasteiger partial charge in [0.2, 0.25) is 0 Å². The highest BCUT2D eigenvalue weighted by Gasteiger charge is 2.11. The van der Waals surface area contributed by atoms with Gasteiger partial charge in [-0.2, -0.15) is 0 Å². The van der Waals surface area contributed by atoms with Crippen LogP contribution in [0.3, 0.4) is 0 Å². The summed E-state index contributed by atoms with van der Waals surface area (Å²) in [6, 6.07) is 12.5. The molecule has 1 saturated heterocycles. The second-order valence-corrected chi connectivity index (χ2v) is 5.91. The molecule has 2 aromatic carbocycles. The van der Waals surface area contributed by atoms with E-state index in [1.165, 1.54) is 19.3 Å². The summed E-state index contributed by atoms with van der Waals surface area (Å²) in [6.45, 7) is 3.93. The van der Waals surface area contributed by atoms with E-state index < -0.39 is 0 Å². The van der Waals surface area contributed by atoms with Crippen LogP contribution in [-0.2, 0) is 0 Å². The highest BCUT2D eigenvalue weighted by Crippen LogP contribution is 2.25. The van der Waals surface area contributed by atoms with Crippen LogP contribution in [-0.4, -0.2) is 44.2 Å². The van der Waals surface area contributed by atoms with E-state index in [-0.39, 0.29) is 11.5 Å². The molecule has 0 aromatic heterocycles. The number of methoxy groups -OCH3 is 1. The zero-order chi connectivity index (χ0) is 17.6. The Morgan fingerprint density at radius 2 is 1.88 bits per heavy atom. The Bertz CT molecular complexity index is 763. The fourth-order valence-corrected chi connectivity index (χ4v) is 2.86. The molecular weight excluding hydrogens is 316 g/mol. The number of phenols is 1. The minimum absolute atomic E-state index is 0.0676. The van der Waals surface area contributed by atoms with Gasteiger partial charge in [0.15, 0.2) is 5.78 Å². The molecule has 5 nitrogen and oxygen atoms in total. The fraction of sp³-hybridized carbons (Fsp3) is 0.250. The lowest BCUT2D eigenvalue weighted by molar-refractivity contribution is 0.104. The van der Waals surface area contributed by atoms with Crippen LogP contribution in [0.5, 0.6) is 11.5 Å². The van der Waals surface area contributed by atoms with Gasteiger partial charge in [-0.25, -0.2) is 0 Å². The molecule has 1 aliphatic heterocycles. The Hall–Kier alpha value is -2.79. The number of carbonyl (C=O) groups is 1. The molecule has 1 aliphatic rings. The number of allylic oxidation sites excluding steroid dienone is 1. The third-order valence-electron chi connectivity index (χ3n) is 4.27. The highest BCUT2D eigenvalue weighted by molar-refractivity contribution is 6.07. The summed E-state index contributed by atoms with van der Waals surface area (Å²) >= 11 is 0. The first-order valence-corrected chi connectivity index (χ1v) is 8.32. The normalized spacial score (nSPS) is 14.7. The number of phenolic OH excluding ortho intramolecular Hbond substituents is 1. The number of hydrogen-bond acceptors (Lipinski definition) is 5. The number of nitrogens with one attached hydrogen (secondary N) is 1. The lowest BCUT2D eigenvalue weighted by Crippen LogP contribution is -2.43. The van der Waals surface area contributed by atoms with Crippen LogP contribution in [0.4, 0.5) is 5.69 Å². The summed E-state index contributed by atoms with van der Waals surface area (Å²) in [5.74, 6) is 0.587. The van der Waals surface area contributed by atoms with E-state index in [1.807, 2.05) is 24.3 Å². The van der Waals surface area contributed by atoms with Crippen molar-refractivity contribution in [3.63, 3.8) is 0 Å². The summed E-state index contributed by atoms with van der Waals surface area (Å²) in [4.78, 5) is 14.7. The molecule has 0 radical (unpaired) electrons. The number of nitrogens with zero attached hydrogens (tertiary/aromatic N) is 1. The number of anilines is 1. The molecule has 0 atom stereocenters. The van der Waals surface area contributed by atoms with Gasteiger partial charge in [-0.3, -0.25) is 4.79 Å². The molecule has 130 valence electrons. The number of rotatable bonds is 5. The minimum atomic E-state index is -0.0676. The number of benzene rings is 2. The third-order valence-corrected chi connectivity index (χ3v) is 4.27. The standard InChI is InChI=1S/C20H22N2O3/c1-25-20-14-18(23)8-4-16(20)5-9-19(24)15-2-6-17(7-3-15)22-12-10-21-11-13-22/h2-9,14,21,23H,10-13H2,1H3/b9-5+. The number of hydrogen-bond donors (Lipinski definition) is 2. The van der Waals surface area contributed by atoms with E-state index in [9.17, 15) is 9.90 Å². The lowest BCUT2D eigenvalue weighted by atomic mass is 10.1. The predicted molar refractivity (Wildman–Crippen MR) is 99.5 cm³/mol. The second kappa shape index (κ2) is 7.85. The molecule has 0 unspecified atom stereocenters. The maximum Gasteiger partial charge on any atom is 0.185 e. The molecule has 1 fully saturated rings. The maximum absolute atomic E-state index is 12.4. The fourth-order valence-electron chi connectivity index (χ4n) is 2.86. The van der Waals surface area contributed by atoms with E-state index in [2.05, 4.69) is 10.2 Å². The SMILES string of the molecule is COc1cc(O)ccc1/C=C/C(=O)c1ccc(N2CCNCC2)cc1. The van der Waals surface area contributed by atoms with Crippen molar-refractivity contribution in [3.05, 3.63) is 59.7 Å². The van der Waals surface area contributed by atoms with Gasteiger partial charge in [-0.15, -0.1) is 0 Å². The molecule has 2 N–H and O–H groups in total. The Morgan fingerprint density at radius 1 is 1.16 bits per heavy atom. The molecule has 0 aliphatic carbocycles. The largest absolute Gasteiger partial charge is 0.508 e. The van der Waals surface area contributed by atoms with Gasteiger partial charge >= 0.3 is 0 Å². The zero-order valence-corrected chi connectivity index (χ0v) is 14.2. The van der Waals surface area contributed by atoms with E-state index in [0.29, 0.717) is 11.3 Å². The van der Waals surface area contributed by atoms with E-state index in [4.69, 9.17) is 4.74 Å². The Balaban J connectivity index is 1.70. The van der Waals surface area contributed by atoms with Crippen molar-refractivity contribution in [2.75, 3.05) is 38.2 Å². The van der Waals surface area contributed by atoms with E-state index >= 15 is 0 Å². The summed E-state index contributed by atoms with van der Waals surface area (Å²) in [6.07, 6.45) is 3.22. The third kappa shape index (κ3) is 4.19. The quantitative estimate of drug-likeness (QED) is 0.648. The van der Waals surface area contributed by atoms with Gasteiger partial charge in [0.25, 0.3) is 0 Å². The molecule has 0 saturated carbocycles. The summed E-state index contributed by atoms with van der Waals surface area (Å²) in [7, 11) is 1.53. The van der Waals surface area contributed by atoms with Crippen LogP contribution in [0.15, 0.2) is 48.5 Å². The van der Waals surface area contributed by atoms with Crippen molar-refractivity contribution in [1.29, 1.82) is 0 Å². The first-order chi connectivity index (χ1) is 12.2. The van der Waals surface area contributed by atoms with Crippen LogP contribution >= 0.6 is 0 Å². The van der Waals surface area contributed by atoms with Gasteiger partial charge in [0, 0.05) is 49.1 Å². The Kier molecular flexibility index (Phi) is 5.36. The summed E-state index contributed by atoms with van der Waals surface area (Å²) < 4.78 is 5.21. The van der Waals surface area contributed by atoms with Gasteiger partial charge in [-0.1, -0.05) is 0 Å². The smallest absolute Gasteiger partial charge is 0.185 e. The van der Waals surface area contributed by atoms with Crippen molar-refractivity contribution < 1.29 is 14.6 Å². The molecule has 0 amide bonds. The lowest BCUT2D eigenvalue weighted by Gasteiger charge is -2.29. The Morgan fingerprint density at radius 3 is 2.56 bits per heavy atom. The monoisotopic (exact) mass is 338 g/mol. The minimum Gasteiger partial charge on any atom is -0.508 e. The average Bonchev–Trinajstić information content (AvgIpc) is 2.67. The highest BCUT2D eigenvalue weighted by atomic mass is 16.5. The summed E-state index contributed by atoms with van der Waals surface area (Å²) in [5, 5.41) is 12.8. The molecular formula is C20H22N2O3. The van der Waals surface area contributed by atoms with Crippen LogP contribution in [0.1, 0.15) is 15.9 Å². The van der Waals surface area contributed by atoms with Gasteiger partial charge in [0.1, 0.15) is 11.5 Å². The first kappa shape index (κ1) is 17.0. The summed E-state index contributed by atoms with van der Waals surface area (Å²) in [5.41, 5.74) is 2.53. The van der Waals surface area contributed by atoms with E-state index in [1.54, 1.807) is 18.2 Å². The molecule has 5 heteroatoms. The number of ketones is 1. The van der Waals surface area contributed by atoms with Crippen LogP contribution in [0.2, 0.25) is 0 Å². The molecule has 25 heavy (non-hydrogen) atoms. The topological polar surface area (TPSA) is 61.8 Å². The van der Waals surface area contributed by atoms with Crippen LogP contribution in [0, 0.1) is 0 Å². The Labute approximate surface area is 147 Å². The van der Waals surface area contributed by atoms with Crippen molar-refractivity contribution in [1.82, 2.24) is 5.32 Å². The van der Waals surface area contributed by atoms with Crippen molar-refractivity contribution in [2.24, 2.45) is 0 Å².